The summed E-state index contributed by atoms with van der Waals surface area (Å²) in [7, 11) is 1.46. The Morgan fingerprint density at radius 1 is 1.30 bits per heavy atom. The van der Waals surface area contributed by atoms with Gasteiger partial charge in [-0.15, -0.1) is 4.33 Å². The molecule has 0 aromatic heterocycles. The van der Waals surface area contributed by atoms with Crippen LogP contribution in [-0.4, -0.2) is 37.6 Å². The molecule has 0 spiro atoms. The van der Waals surface area contributed by atoms with E-state index in [-0.39, 0.29) is 0 Å². The van der Waals surface area contributed by atoms with E-state index in [0.29, 0.717) is 6.04 Å². The van der Waals surface area contributed by atoms with Crippen LogP contribution in [0.3, 0.4) is 0 Å². The minimum Gasteiger partial charge on any atom is -0.380 e. The van der Waals surface area contributed by atoms with Crippen molar-refractivity contribution in [3.63, 3.8) is 0 Å². The lowest BCUT2D eigenvalue weighted by molar-refractivity contribution is -0.159. The van der Waals surface area contributed by atoms with Crippen LogP contribution in [0.25, 0.3) is 0 Å². The van der Waals surface area contributed by atoms with Crippen molar-refractivity contribution in [1.82, 2.24) is 4.90 Å². The van der Waals surface area contributed by atoms with Crippen LogP contribution in [0.15, 0.2) is 24.3 Å². The highest BCUT2D eigenvalue weighted by Gasteiger charge is 2.18. The van der Waals surface area contributed by atoms with Crippen molar-refractivity contribution in [2.75, 3.05) is 30.2 Å². The summed E-state index contributed by atoms with van der Waals surface area (Å²) in [6.45, 7) is 1.61. The third-order valence-electron chi connectivity index (χ3n) is 3.22. The fraction of sp³-hybridized carbons (Fsp3) is 0.462. The highest BCUT2D eigenvalue weighted by molar-refractivity contribution is 7.95. The first kappa shape index (κ1) is 15.0. The summed E-state index contributed by atoms with van der Waals surface area (Å²) in [5.41, 5.74) is 1.96. The Hall–Kier alpha value is -1.44. The molecule has 0 aliphatic carbocycles. The van der Waals surface area contributed by atoms with Crippen molar-refractivity contribution in [3.8, 4) is 0 Å². The van der Waals surface area contributed by atoms with Gasteiger partial charge in [-0.25, -0.2) is 4.89 Å². The molecule has 1 aromatic carbocycles. The van der Waals surface area contributed by atoms with E-state index < -0.39 is 0 Å². The molecular weight excluding hydrogens is 278 g/mol. The molecule has 1 aromatic rings. The molecule has 1 aliphatic heterocycles. The van der Waals surface area contributed by atoms with Crippen molar-refractivity contribution in [3.05, 3.63) is 24.3 Å². The summed E-state index contributed by atoms with van der Waals surface area (Å²) in [5.74, 6) is 0. The fourth-order valence-electron chi connectivity index (χ4n) is 2.16. The predicted octanol–water partition coefficient (Wildman–Crippen LogP) is 2.27. The molecule has 0 saturated carbocycles. The maximum absolute atomic E-state index is 10.7. The quantitative estimate of drug-likeness (QED) is 0.201. The number of nitrogens with one attached hydrogen (secondary N) is 2. The van der Waals surface area contributed by atoms with E-state index >= 15 is 0 Å². The van der Waals surface area contributed by atoms with E-state index in [2.05, 4.69) is 14.9 Å². The molecule has 1 amide bonds. The summed E-state index contributed by atoms with van der Waals surface area (Å²) < 4.78 is 7.81. The second-order valence-corrected chi connectivity index (χ2v) is 5.03. The molecule has 0 unspecified atom stereocenters. The lowest BCUT2D eigenvalue weighted by Gasteiger charge is -2.30. The van der Waals surface area contributed by atoms with Gasteiger partial charge in [-0.05, 0) is 25.0 Å². The van der Waals surface area contributed by atoms with E-state index in [1.54, 1.807) is 0 Å². The Kier molecular flexibility index (Phi) is 5.97. The van der Waals surface area contributed by atoms with Gasteiger partial charge in [0.1, 0.15) is 12.2 Å². The van der Waals surface area contributed by atoms with Crippen molar-refractivity contribution in [2.45, 2.75) is 18.9 Å². The predicted molar refractivity (Wildman–Crippen MR) is 80.0 cm³/mol. The molecule has 1 fully saturated rings. The first-order valence-corrected chi connectivity index (χ1v) is 7.25. The van der Waals surface area contributed by atoms with Crippen molar-refractivity contribution in [2.24, 2.45) is 0 Å². The van der Waals surface area contributed by atoms with Crippen molar-refractivity contribution >= 4 is 30.0 Å². The van der Waals surface area contributed by atoms with Crippen LogP contribution in [0.2, 0.25) is 0 Å². The molecule has 0 bridgehead atoms. The van der Waals surface area contributed by atoms with Gasteiger partial charge >= 0.3 is 0 Å². The van der Waals surface area contributed by atoms with Crippen LogP contribution in [0, 0.1) is 0 Å². The molecule has 20 heavy (non-hydrogen) atoms. The number of nitrogens with zero attached hydrogens (tertiary/aromatic N) is 1. The zero-order valence-electron chi connectivity index (χ0n) is 11.4. The lowest BCUT2D eigenvalue weighted by Crippen LogP contribution is -2.38. The van der Waals surface area contributed by atoms with Gasteiger partial charge in [0.05, 0.1) is 18.5 Å². The number of carbonyl (C=O) groups excluding carboxylic acids is 1. The van der Waals surface area contributed by atoms with Crippen LogP contribution in [0.4, 0.5) is 11.4 Å². The SMILES string of the molecule is COOSNc1ccccc1NC1CCN(C=O)CC1. The van der Waals surface area contributed by atoms with Gasteiger partial charge < -0.3 is 14.9 Å². The normalized spacial score (nSPS) is 15.9. The zero-order chi connectivity index (χ0) is 14.2. The average molecular weight is 297 g/mol. The van der Waals surface area contributed by atoms with Crippen LogP contribution < -0.4 is 10.0 Å². The van der Waals surface area contributed by atoms with E-state index in [1.165, 1.54) is 7.11 Å². The number of likely N-dealkylation sites (tertiary alicyclic amines) is 1. The van der Waals surface area contributed by atoms with Gasteiger partial charge in [-0.2, -0.15) is 0 Å². The molecule has 6 nitrogen and oxygen atoms in total. The zero-order valence-corrected chi connectivity index (χ0v) is 12.2. The summed E-state index contributed by atoms with van der Waals surface area (Å²) in [6.07, 6.45) is 2.83. The summed E-state index contributed by atoms with van der Waals surface area (Å²) >= 11 is 1.02. The van der Waals surface area contributed by atoms with E-state index in [9.17, 15) is 4.79 Å². The minimum atomic E-state index is 0.377. The Bertz CT molecular complexity index is 425. The number of carbonyl (C=O) groups is 1. The number of amides is 1. The van der Waals surface area contributed by atoms with Gasteiger partial charge in [0.25, 0.3) is 0 Å². The first-order chi connectivity index (χ1) is 9.83. The van der Waals surface area contributed by atoms with Crippen LogP contribution >= 0.6 is 12.2 Å². The average Bonchev–Trinajstić information content (AvgIpc) is 2.50. The van der Waals surface area contributed by atoms with E-state index in [0.717, 1.165) is 55.9 Å². The molecule has 1 saturated heterocycles. The summed E-state index contributed by atoms with van der Waals surface area (Å²) in [5, 5.41) is 3.51. The number of anilines is 2. The van der Waals surface area contributed by atoms with Crippen LogP contribution in [0.5, 0.6) is 0 Å². The Morgan fingerprint density at radius 2 is 2.00 bits per heavy atom. The fourth-order valence-corrected chi connectivity index (χ4v) is 2.53. The van der Waals surface area contributed by atoms with Crippen LogP contribution in [0.1, 0.15) is 12.8 Å². The molecule has 0 radical (unpaired) electrons. The Morgan fingerprint density at radius 3 is 2.65 bits per heavy atom. The van der Waals surface area contributed by atoms with E-state index in [1.807, 2.05) is 29.2 Å². The summed E-state index contributed by atoms with van der Waals surface area (Å²) in [6, 6.07) is 8.30. The van der Waals surface area contributed by atoms with Gasteiger partial charge in [-0.3, -0.25) is 4.79 Å². The maximum atomic E-state index is 10.7. The standard InChI is InChI=1S/C13H19N3O3S/c1-18-19-20-15-13-5-3-2-4-12(13)14-11-6-8-16(10-17)9-7-11/h2-5,10-11,14-15H,6-9H2,1H3. The number of piperidine rings is 1. The second-order valence-electron chi connectivity index (χ2n) is 4.53. The second kappa shape index (κ2) is 7.98. The first-order valence-electron chi connectivity index (χ1n) is 6.50. The van der Waals surface area contributed by atoms with Crippen LogP contribution in [-0.2, 0) is 14.0 Å². The van der Waals surface area contributed by atoms with Crippen molar-refractivity contribution < 1.29 is 14.0 Å². The Balaban J connectivity index is 1.90. The Labute approximate surface area is 123 Å². The number of para-hydroxylation sites is 2. The third kappa shape index (κ3) is 4.29. The van der Waals surface area contributed by atoms with Gasteiger partial charge in [0.15, 0.2) is 0 Å². The van der Waals surface area contributed by atoms with Gasteiger partial charge in [-0.1, -0.05) is 12.1 Å². The number of hydrogen-bond donors (Lipinski definition) is 2. The monoisotopic (exact) mass is 297 g/mol. The lowest BCUT2D eigenvalue weighted by atomic mass is 10.0. The van der Waals surface area contributed by atoms with Crippen molar-refractivity contribution in [1.29, 1.82) is 0 Å². The maximum Gasteiger partial charge on any atom is 0.209 e. The number of hydrogen-bond acceptors (Lipinski definition) is 6. The molecular formula is C13H19N3O3S. The molecule has 0 atom stereocenters. The molecule has 7 heteroatoms. The highest BCUT2D eigenvalue weighted by Crippen LogP contribution is 2.26. The minimum absolute atomic E-state index is 0.377. The molecule has 110 valence electrons. The molecule has 2 N–H and O–H groups in total. The smallest absolute Gasteiger partial charge is 0.209 e. The third-order valence-corrected chi connectivity index (χ3v) is 3.73. The molecule has 2 rings (SSSR count). The summed E-state index contributed by atoms with van der Waals surface area (Å²) in [4.78, 5) is 17.0. The van der Waals surface area contributed by atoms with Gasteiger partial charge in [0, 0.05) is 19.1 Å². The van der Waals surface area contributed by atoms with E-state index in [4.69, 9.17) is 4.33 Å². The topological polar surface area (TPSA) is 62.8 Å². The number of rotatable bonds is 7. The highest BCUT2D eigenvalue weighted by atomic mass is 32.2. The van der Waals surface area contributed by atoms with Gasteiger partial charge in [0.2, 0.25) is 6.41 Å². The molecule has 1 heterocycles. The molecule has 1 aliphatic rings. The largest absolute Gasteiger partial charge is 0.380 e. The number of benzene rings is 1.